The van der Waals surface area contributed by atoms with Crippen molar-refractivity contribution in [3.63, 3.8) is 0 Å². The summed E-state index contributed by atoms with van der Waals surface area (Å²) in [6.45, 7) is 29.7. The molecule has 61 heavy (non-hydrogen) atoms. The summed E-state index contributed by atoms with van der Waals surface area (Å²) in [4.78, 5) is 24.5. The predicted octanol–water partition coefficient (Wildman–Crippen LogP) is 12.8. The Morgan fingerprint density at radius 2 is 1.20 bits per heavy atom. The molecule has 4 heterocycles. The van der Waals surface area contributed by atoms with Crippen LogP contribution in [0.4, 0.5) is 22.9 Å². The van der Waals surface area contributed by atoms with Crippen LogP contribution in [0.2, 0.25) is 0 Å². The number of H-pyrrole nitrogens is 1. The maximum Gasteiger partial charge on any atom is 0.422 e. The van der Waals surface area contributed by atoms with Crippen LogP contribution in [0.5, 0.6) is 0 Å². The highest BCUT2D eigenvalue weighted by Gasteiger charge is 2.48. The van der Waals surface area contributed by atoms with Crippen molar-refractivity contribution in [3.8, 4) is 17.3 Å². The molecule has 0 fully saturated rings. The molecule has 0 aliphatic carbocycles. The number of para-hydroxylation sites is 4. The highest BCUT2D eigenvalue weighted by Crippen LogP contribution is 2.49. The molecule has 1 aliphatic rings. The Morgan fingerprint density at radius 3 is 1.77 bits per heavy atom. The average molecular weight is 808 g/mol. The second-order valence-electron chi connectivity index (χ2n) is 19.7. The molecule has 0 unspecified atom stereocenters. The summed E-state index contributed by atoms with van der Waals surface area (Å²) in [6.07, 6.45) is 5.96. The summed E-state index contributed by atoms with van der Waals surface area (Å²) >= 11 is 0. The van der Waals surface area contributed by atoms with Crippen molar-refractivity contribution in [2.24, 2.45) is 0 Å². The maximum atomic E-state index is 5.81. The summed E-state index contributed by atoms with van der Waals surface area (Å²) in [5.41, 5.74) is 13.1. The van der Waals surface area contributed by atoms with Crippen molar-refractivity contribution < 1.29 is 0 Å². The summed E-state index contributed by atoms with van der Waals surface area (Å²) in [5, 5.41) is 0. The maximum absolute atomic E-state index is 5.81. The van der Waals surface area contributed by atoms with E-state index in [1.54, 1.807) is 0 Å². The fourth-order valence-corrected chi connectivity index (χ4v) is 9.09. The van der Waals surface area contributed by atoms with Crippen molar-refractivity contribution in [3.05, 3.63) is 161 Å². The highest BCUT2D eigenvalue weighted by molar-refractivity contribution is 6.85. The molecule has 7 aromatic rings. The number of imidazole rings is 2. The summed E-state index contributed by atoms with van der Waals surface area (Å²) in [5.74, 6) is 3.12. The Hall–Kier alpha value is -5.89. The van der Waals surface area contributed by atoms with Crippen LogP contribution in [0.15, 0.2) is 122 Å². The Balaban J connectivity index is 1.34. The zero-order valence-electron chi connectivity index (χ0n) is 38.5. The lowest BCUT2D eigenvalue weighted by atomic mass is 9.61. The molecule has 8 rings (SSSR count). The topological polar surface area (TPSA) is 65.9 Å². The number of nitrogens with one attached hydrogen (secondary N) is 1. The predicted molar refractivity (Wildman–Crippen MR) is 257 cm³/mol. The van der Waals surface area contributed by atoms with Crippen LogP contribution in [0.3, 0.4) is 0 Å². The highest BCUT2D eigenvalue weighted by atomic mass is 15.3. The standard InChI is InChI=1S/C53H62BN7/c1-34(2)40-25-20-26-41(35(3)4)48(40)59-33-45(58-50(59)49-55-29-30-56-49)53(12,13)52(10,11)44-31-38(51(7,8)9)32-46(57-44)61-43-28-18-17-27-42(43)60(39-23-15-14-16-24-39)54(61)47-36(5)21-19-22-37(47)6/h14-35H,1-13H3,(H,55,56). The van der Waals surface area contributed by atoms with Crippen molar-refractivity contribution in [1.29, 1.82) is 0 Å². The van der Waals surface area contributed by atoms with Gasteiger partial charge in [0.05, 0.1) is 22.8 Å². The quantitative estimate of drug-likeness (QED) is 0.139. The van der Waals surface area contributed by atoms with Crippen LogP contribution in [0.25, 0.3) is 17.3 Å². The smallest absolute Gasteiger partial charge is 0.360 e. The monoisotopic (exact) mass is 808 g/mol. The molecule has 1 N–H and O–H groups in total. The van der Waals surface area contributed by atoms with Gasteiger partial charge in [0.25, 0.3) is 0 Å². The summed E-state index contributed by atoms with van der Waals surface area (Å²) < 4.78 is 2.30. The molecular formula is C53H62BN7. The molecule has 0 amide bonds. The van der Waals surface area contributed by atoms with E-state index in [4.69, 9.17) is 15.0 Å². The van der Waals surface area contributed by atoms with E-state index in [9.17, 15) is 0 Å². The lowest BCUT2D eigenvalue weighted by Crippen LogP contribution is -2.55. The number of fused-ring (bicyclic) bond motifs is 1. The zero-order valence-corrected chi connectivity index (χ0v) is 38.5. The van der Waals surface area contributed by atoms with Crippen molar-refractivity contribution in [2.75, 3.05) is 9.62 Å². The normalized spacial score (nSPS) is 13.5. The first kappa shape index (κ1) is 41.8. The van der Waals surface area contributed by atoms with E-state index in [1.165, 1.54) is 39.0 Å². The fourth-order valence-electron chi connectivity index (χ4n) is 9.09. The van der Waals surface area contributed by atoms with Gasteiger partial charge in [0, 0.05) is 40.8 Å². The Kier molecular flexibility index (Phi) is 10.7. The van der Waals surface area contributed by atoms with E-state index >= 15 is 0 Å². The number of anilines is 4. The Bertz CT molecular complexity index is 2640. The van der Waals surface area contributed by atoms with Crippen molar-refractivity contribution in [1.82, 2.24) is 24.5 Å². The molecule has 0 spiro atoms. The number of pyridine rings is 1. The van der Waals surface area contributed by atoms with Gasteiger partial charge in [-0.2, -0.15) is 0 Å². The van der Waals surface area contributed by atoms with Gasteiger partial charge in [-0.3, -0.25) is 4.57 Å². The van der Waals surface area contributed by atoms with Gasteiger partial charge in [-0.15, -0.1) is 0 Å². The lowest BCUT2D eigenvalue weighted by molar-refractivity contribution is 0.289. The molecule has 4 aromatic carbocycles. The molecule has 0 bridgehead atoms. The largest absolute Gasteiger partial charge is 0.422 e. The van der Waals surface area contributed by atoms with Crippen LogP contribution in [-0.2, 0) is 16.2 Å². The van der Waals surface area contributed by atoms with Gasteiger partial charge in [-0.25, -0.2) is 15.0 Å². The molecule has 0 atom stereocenters. The SMILES string of the molecule is Cc1cccc(C)c1B1N(c2ccccc2)c2ccccc2N1c1cc(C(C)(C)C)cc(C(C)(C)C(C)(C)c2cn(-c3c(C(C)C)cccc3C(C)C)c(-c3ncc[nH]3)n2)n1. The fraction of sp³-hybridized carbons (Fsp3) is 0.340. The third-order valence-electron chi connectivity index (χ3n) is 13.5. The molecular weight excluding hydrogens is 745 g/mol. The number of aromatic amines is 1. The number of rotatable bonds is 10. The van der Waals surface area contributed by atoms with E-state index in [1.807, 2.05) is 12.4 Å². The second-order valence-corrected chi connectivity index (χ2v) is 19.7. The van der Waals surface area contributed by atoms with E-state index in [0.717, 1.165) is 45.9 Å². The van der Waals surface area contributed by atoms with E-state index in [0.29, 0.717) is 11.8 Å². The van der Waals surface area contributed by atoms with E-state index in [2.05, 4.69) is 219 Å². The third-order valence-corrected chi connectivity index (χ3v) is 13.5. The zero-order chi connectivity index (χ0) is 43.6. The molecule has 0 saturated carbocycles. The van der Waals surface area contributed by atoms with E-state index < -0.39 is 10.8 Å². The Morgan fingerprint density at radius 1 is 0.623 bits per heavy atom. The van der Waals surface area contributed by atoms with Gasteiger partial charge < -0.3 is 14.6 Å². The number of benzene rings is 4. The van der Waals surface area contributed by atoms with Crippen LogP contribution in [0, 0.1) is 13.8 Å². The lowest BCUT2D eigenvalue weighted by Gasteiger charge is -2.41. The Labute approximate surface area is 364 Å². The molecule has 1 aliphatic heterocycles. The van der Waals surface area contributed by atoms with Gasteiger partial charge >= 0.3 is 6.98 Å². The number of aryl methyl sites for hydroxylation is 2. The average Bonchev–Trinajstić information content (AvgIpc) is 3.99. The second kappa shape index (κ2) is 15.5. The van der Waals surface area contributed by atoms with Gasteiger partial charge in [0.15, 0.2) is 11.6 Å². The van der Waals surface area contributed by atoms with Crippen LogP contribution < -0.4 is 15.1 Å². The van der Waals surface area contributed by atoms with Gasteiger partial charge in [0.1, 0.15) is 5.82 Å². The van der Waals surface area contributed by atoms with E-state index in [-0.39, 0.29) is 12.4 Å². The van der Waals surface area contributed by atoms with Crippen molar-refractivity contribution in [2.45, 2.75) is 118 Å². The first-order valence-electron chi connectivity index (χ1n) is 22.0. The van der Waals surface area contributed by atoms with Gasteiger partial charge in [0.2, 0.25) is 0 Å². The van der Waals surface area contributed by atoms with Crippen LogP contribution >= 0.6 is 0 Å². The van der Waals surface area contributed by atoms with Crippen molar-refractivity contribution >= 4 is 35.3 Å². The number of nitrogens with zero attached hydrogens (tertiary/aromatic N) is 6. The molecule has 0 radical (unpaired) electrons. The third kappa shape index (κ3) is 7.18. The summed E-state index contributed by atoms with van der Waals surface area (Å²) in [6, 6.07) is 37.6. The minimum atomic E-state index is -0.493. The van der Waals surface area contributed by atoms with Gasteiger partial charge in [-0.05, 0) is 89.6 Å². The first-order chi connectivity index (χ1) is 28.9. The number of hydrogen-bond acceptors (Lipinski definition) is 5. The number of aromatic nitrogens is 5. The summed E-state index contributed by atoms with van der Waals surface area (Å²) in [7, 11) is 0. The van der Waals surface area contributed by atoms with Gasteiger partial charge in [-0.1, -0.05) is 154 Å². The molecule has 7 nitrogen and oxygen atoms in total. The minimum Gasteiger partial charge on any atom is -0.360 e. The first-order valence-corrected chi connectivity index (χ1v) is 22.0. The van der Waals surface area contributed by atoms with Crippen LogP contribution in [-0.4, -0.2) is 31.5 Å². The minimum absolute atomic E-state index is 0.152. The molecule has 0 saturated heterocycles. The molecule has 3 aromatic heterocycles. The molecule has 8 heteroatoms. The van der Waals surface area contributed by atoms with Crippen LogP contribution in [0.1, 0.15) is 127 Å². The molecule has 312 valence electrons. The number of hydrogen-bond donors (Lipinski definition) is 1.